The Kier molecular flexibility index (Phi) is 6.05. The van der Waals surface area contributed by atoms with Crippen LogP contribution < -0.4 is 0 Å². The molecule has 0 bridgehead atoms. The zero-order valence-corrected chi connectivity index (χ0v) is 14.4. The molecule has 0 amide bonds. The Labute approximate surface area is 143 Å². The minimum atomic E-state index is 1.18. The molecule has 0 spiro atoms. The van der Waals surface area contributed by atoms with Crippen molar-refractivity contribution in [1.29, 1.82) is 0 Å². The van der Waals surface area contributed by atoms with Crippen LogP contribution in [-0.4, -0.2) is 0 Å². The summed E-state index contributed by atoms with van der Waals surface area (Å²) < 4.78 is 0. The fraction of sp³-hybridized carbons (Fsp3) is 0.273. The molecule has 0 saturated carbocycles. The molecule has 0 unspecified atom stereocenters. The van der Waals surface area contributed by atoms with Gasteiger partial charge in [0.1, 0.15) is 0 Å². The van der Waals surface area contributed by atoms with Gasteiger partial charge in [-0.15, -0.1) is 0 Å². The molecule has 118 valence electrons. The molecule has 0 fully saturated rings. The molecule has 0 saturated heterocycles. The molecule has 3 rings (SSSR count). The molecule has 0 nitrogen and oxygen atoms in total. The third-order valence-electron chi connectivity index (χ3n) is 4.34. The summed E-state index contributed by atoms with van der Waals surface area (Å²) in [7, 11) is 0. The van der Waals surface area contributed by atoms with E-state index >= 15 is 0 Å². The lowest BCUT2D eigenvalue weighted by molar-refractivity contribution is 0.784. The zero-order chi connectivity index (χ0) is 15.7. The first-order chi connectivity index (χ1) is 11.4. The zero-order valence-electron chi connectivity index (χ0n) is 13.6. The number of thiophene rings is 1. The van der Waals surface area contributed by atoms with Gasteiger partial charge in [0.2, 0.25) is 0 Å². The maximum Gasteiger partial charge on any atom is -0.00584 e. The molecule has 0 N–H and O–H groups in total. The number of rotatable bonds is 8. The number of aryl methyl sites for hydroxylation is 4. The summed E-state index contributed by atoms with van der Waals surface area (Å²) in [5, 5.41) is 4.70. The van der Waals surface area contributed by atoms with Gasteiger partial charge in [-0.2, -0.15) is 11.3 Å². The van der Waals surface area contributed by atoms with E-state index in [0.29, 0.717) is 0 Å². The van der Waals surface area contributed by atoms with E-state index < -0.39 is 0 Å². The molecular formula is C22H24S. The third kappa shape index (κ3) is 5.07. The molecule has 0 radical (unpaired) electrons. The molecule has 1 heterocycles. The summed E-state index contributed by atoms with van der Waals surface area (Å²) in [6.45, 7) is 0. The summed E-state index contributed by atoms with van der Waals surface area (Å²) >= 11 is 1.86. The minimum Gasteiger partial charge on any atom is -0.152 e. The largest absolute Gasteiger partial charge is 0.152 e. The van der Waals surface area contributed by atoms with Crippen LogP contribution in [0.1, 0.15) is 35.1 Å². The molecule has 23 heavy (non-hydrogen) atoms. The summed E-state index contributed by atoms with van der Waals surface area (Å²) in [6.07, 6.45) is 7.26. The molecule has 1 heteroatoms. The van der Waals surface area contributed by atoms with Gasteiger partial charge in [0, 0.05) is 0 Å². The molecular weight excluding hydrogens is 296 g/mol. The Morgan fingerprint density at radius 3 is 1.39 bits per heavy atom. The molecule has 0 aliphatic rings. The van der Waals surface area contributed by atoms with Crippen molar-refractivity contribution >= 4 is 11.3 Å². The van der Waals surface area contributed by atoms with E-state index in [1.54, 1.807) is 11.1 Å². The first-order valence-corrected chi connectivity index (χ1v) is 9.48. The summed E-state index contributed by atoms with van der Waals surface area (Å²) in [5.74, 6) is 0. The van der Waals surface area contributed by atoms with Gasteiger partial charge in [-0.3, -0.25) is 0 Å². The highest BCUT2D eigenvalue weighted by Crippen LogP contribution is 2.20. The van der Waals surface area contributed by atoms with Gasteiger partial charge in [0.25, 0.3) is 0 Å². The predicted octanol–water partition coefficient (Wildman–Crippen LogP) is 6.10. The van der Waals surface area contributed by atoms with Crippen molar-refractivity contribution in [3.05, 3.63) is 93.7 Å². The fourth-order valence-electron chi connectivity index (χ4n) is 3.04. The topological polar surface area (TPSA) is 0 Å². The fourth-order valence-corrected chi connectivity index (χ4v) is 3.98. The Balaban J connectivity index is 1.45. The van der Waals surface area contributed by atoms with Crippen molar-refractivity contribution in [2.45, 2.75) is 38.5 Å². The highest BCUT2D eigenvalue weighted by atomic mass is 32.1. The Morgan fingerprint density at radius 1 is 0.522 bits per heavy atom. The van der Waals surface area contributed by atoms with Crippen LogP contribution in [-0.2, 0) is 25.7 Å². The van der Waals surface area contributed by atoms with E-state index in [2.05, 4.69) is 71.4 Å². The van der Waals surface area contributed by atoms with E-state index in [4.69, 9.17) is 0 Å². The standard InChI is InChI=1S/C22H24S/c1-3-9-19(10-4-1)13-7-15-21-17-23-18-22(21)16-8-14-20-11-5-2-6-12-20/h1-6,9-12,17-18H,7-8,13-16H2. The van der Waals surface area contributed by atoms with Gasteiger partial charge >= 0.3 is 0 Å². The van der Waals surface area contributed by atoms with E-state index in [0.717, 1.165) is 0 Å². The normalized spacial score (nSPS) is 10.8. The Hall–Kier alpha value is -1.86. The minimum absolute atomic E-state index is 1.18. The van der Waals surface area contributed by atoms with Gasteiger partial charge in [-0.25, -0.2) is 0 Å². The van der Waals surface area contributed by atoms with E-state index in [-0.39, 0.29) is 0 Å². The smallest absolute Gasteiger partial charge is 0.00584 e. The van der Waals surface area contributed by atoms with Crippen molar-refractivity contribution in [2.24, 2.45) is 0 Å². The van der Waals surface area contributed by atoms with Crippen LogP contribution in [0.2, 0.25) is 0 Å². The lowest BCUT2D eigenvalue weighted by Crippen LogP contribution is -1.95. The van der Waals surface area contributed by atoms with Crippen molar-refractivity contribution < 1.29 is 0 Å². The number of benzene rings is 2. The molecule has 3 aromatic rings. The molecule has 1 aromatic heterocycles. The van der Waals surface area contributed by atoms with E-state index in [1.807, 2.05) is 11.3 Å². The first kappa shape index (κ1) is 16.0. The molecule has 0 aliphatic heterocycles. The quantitative estimate of drug-likeness (QED) is 0.470. The van der Waals surface area contributed by atoms with Crippen LogP contribution in [0, 0.1) is 0 Å². The number of hydrogen-bond donors (Lipinski definition) is 0. The maximum absolute atomic E-state index is 2.35. The van der Waals surface area contributed by atoms with Crippen LogP contribution in [0.15, 0.2) is 71.4 Å². The third-order valence-corrected chi connectivity index (χ3v) is 5.18. The average Bonchev–Trinajstić information content (AvgIpc) is 3.04. The second-order valence-corrected chi connectivity index (χ2v) is 6.84. The Morgan fingerprint density at radius 2 is 0.957 bits per heavy atom. The molecule has 2 aromatic carbocycles. The second kappa shape index (κ2) is 8.69. The highest BCUT2D eigenvalue weighted by Gasteiger charge is 2.04. The molecule has 0 aliphatic carbocycles. The van der Waals surface area contributed by atoms with Crippen molar-refractivity contribution in [1.82, 2.24) is 0 Å². The summed E-state index contributed by atoms with van der Waals surface area (Å²) in [5.41, 5.74) is 6.04. The van der Waals surface area contributed by atoms with E-state index in [9.17, 15) is 0 Å². The van der Waals surface area contributed by atoms with Gasteiger partial charge in [-0.1, -0.05) is 60.7 Å². The number of hydrogen-bond acceptors (Lipinski definition) is 1. The van der Waals surface area contributed by atoms with Gasteiger partial charge < -0.3 is 0 Å². The monoisotopic (exact) mass is 320 g/mol. The van der Waals surface area contributed by atoms with Gasteiger partial charge in [0.05, 0.1) is 0 Å². The van der Waals surface area contributed by atoms with Crippen molar-refractivity contribution in [2.75, 3.05) is 0 Å². The van der Waals surface area contributed by atoms with Crippen LogP contribution in [0.25, 0.3) is 0 Å². The van der Waals surface area contributed by atoms with E-state index in [1.165, 1.54) is 49.7 Å². The van der Waals surface area contributed by atoms with Crippen LogP contribution in [0.5, 0.6) is 0 Å². The predicted molar refractivity (Wildman–Crippen MR) is 101 cm³/mol. The molecule has 0 atom stereocenters. The van der Waals surface area contributed by atoms with Crippen LogP contribution >= 0.6 is 11.3 Å². The first-order valence-electron chi connectivity index (χ1n) is 8.53. The highest BCUT2D eigenvalue weighted by molar-refractivity contribution is 7.08. The van der Waals surface area contributed by atoms with Gasteiger partial charge in [-0.05, 0) is 71.5 Å². The Bertz CT molecular complexity index is 622. The SMILES string of the molecule is c1ccc(CCCc2cscc2CCCc2ccccc2)cc1. The van der Waals surface area contributed by atoms with Crippen LogP contribution in [0.4, 0.5) is 0 Å². The van der Waals surface area contributed by atoms with Crippen molar-refractivity contribution in [3.63, 3.8) is 0 Å². The lowest BCUT2D eigenvalue weighted by atomic mass is 9.99. The maximum atomic E-state index is 2.35. The average molecular weight is 321 g/mol. The van der Waals surface area contributed by atoms with Crippen LogP contribution in [0.3, 0.4) is 0 Å². The summed E-state index contributed by atoms with van der Waals surface area (Å²) in [6, 6.07) is 21.6. The second-order valence-electron chi connectivity index (χ2n) is 6.10. The lowest BCUT2D eigenvalue weighted by Gasteiger charge is -2.05. The van der Waals surface area contributed by atoms with Crippen molar-refractivity contribution in [3.8, 4) is 0 Å². The van der Waals surface area contributed by atoms with Gasteiger partial charge in [0.15, 0.2) is 0 Å². The summed E-state index contributed by atoms with van der Waals surface area (Å²) in [4.78, 5) is 0.